The van der Waals surface area contributed by atoms with Gasteiger partial charge in [0, 0.05) is 23.7 Å². The van der Waals surface area contributed by atoms with Crippen molar-refractivity contribution in [2.24, 2.45) is 11.3 Å². The minimum absolute atomic E-state index is 0.200. The maximum absolute atomic E-state index is 13.0. The number of fused-ring (bicyclic) bond motifs is 3. The molecule has 39 heavy (non-hydrogen) atoms. The largest absolute Gasteiger partial charge is 0.487 e. The standard InChI is InChI=1S/C30H37ClN2O5S/c1-30-14-13-24(30)19-33-15-5-4-7-21-17-25(31)11-9-23(21)20-38-27-12-10-22(18-26(27)33)29(35)32-39(36,37)16-6-2-3-8-28(30)34/h2-3,9-12,17-18,24,28,34H,4-8,13-16,19-20H2,1H3,(H,32,35)/b3-2+/t24-,28-,30+/m1/s1. The monoisotopic (exact) mass is 572 g/mol. The van der Waals surface area contributed by atoms with Crippen molar-refractivity contribution in [2.75, 3.05) is 23.7 Å². The normalized spacial score (nSPS) is 28.4. The average molecular weight is 573 g/mol. The highest BCUT2D eigenvalue weighted by atomic mass is 35.5. The second kappa shape index (κ2) is 11.5. The lowest BCUT2D eigenvalue weighted by atomic mass is 9.57. The Kier molecular flexibility index (Phi) is 8.26. The average Bonchev–Trinajstić information content (AvgIpc) is 2.92. The molecule has 2 aromatic rings. The number of ether oxygens (including phenoxy) is 1. The van der Waals surface area contributed by atoms with E-state index in [1.165, 1.54) is 5.56 Å². The van der Waals surface area contributed by atoms with Gasteiger partial charge in [-0.05, 0) is 97.7 Å². The number of carbonyl (C=O) groups is 1. The Morgan fingerprint density at radius 3 is 2.77 bits per heavy atom. The first-order chi connectivity index (χ1) is 18.6. The Labute approximate surface area is 236 Å². The van der Waals surface area contributed by atoms with Crippen molar-refractivity contribution in [3.05, 3.63) is 70.3 Å². The summed E-state index contributed by atoms with van der Waals surface area (Å²) >= 11 is 6.29. The first-order valence-corrected chi connectivity index (χ1v) is 15.8. The molecule has 1 amide bonds. The number of nitrogens with one attached hydrogen (secondary N) is 1. The zero-order valence-electron chi connectivity index (χ0n) is 22.4. The van der Waals surface area contributed by atoms with Crippen molar-refractivity contribution < 1.29 is 23.1 Å². The summed E-state index contributed by atoms with van der Waals surface area (Å²) < 4.78 is 33.8. The fourth-order valence-corrected chi connectivity index (χ4v) is 7.12. The van der Waals surface area contributed by atoms with Crippen LogP contribution < -0.4 is 14.4 Å². The summed E-state index contributed by atoms with van der Waals surface area (Å²) in [5.41, 5.74) is 3.05. The highest BCUT2D eigenvalue weighted by molar-refractivity contribution is 7.90. The summed E-state index contributed by atoms with van der Waals surface area (Å²) in [6.07, 6.45) is 8.61. The number of hydrogen-bond donors (Lipinski definition) is 2. The van der Waals surface area contributed by atoms with Gasteiger partial charge in [0.1, 0.15) is 12.4 Å². The summed E-state index contributed by atoms with van der Waals surface area (Å²) in [6.45, 7) is 3.98. The molecule has 1 saturated carbocycles. The molecule has 0 aromatic heterocycles. The van der Waals surface area contributed by atoms with E-state index in [1.54, 1.807) is 24.3 Å². The topological polar surface area (TPSA) is 95.9 Å². The van der Waals surface area contributed by atoms with E-state index in [-0.39, 0.29) is 29.1 Å². The number of aliphatic hydroxyl groups excluding tert-OH is 1. The molecule has 2 aromatic carbocycles. The van der Waals surface area contributed by atoms with Crippen LogP contribution in [0.2, 0.25) is 5.02 Å². The Hall–Kier alpha value is -2.55. The van der Waals surface area contributed by atoms with E-state index < -0.39 is 22.0 Å². The highest BCUT2D eigenvalue weighted by Gasteiger charge is 2.48. The molecule has 210 valence electrons. The lowest BCUT2D eigenvalue weighted by molar-refractivity contribution is -0.0694. The fraction of sp³-hybridized carbons (Fsp3) is 0.500. The van der Waals surface area contributed by atoms with E-state index in [0.717, 1.165) is 56.4 Å². The van der Waals surface area contributed by atoms with Crippen LogP contribution in [0.4, 0.5) is 5.69 Å². The molecule has 0 unspecified atom stereocenters. The summed E-state index contributed by atoms with van der Waals surface area (Å²) in [4.78, 5) is 15.3. The molecule has 3 aliphatic rings. The second-order valence-corrected chi connectivity index (χ2v) is 13.6. The van der Waals surface area contributed by atoms with Crippen LogP contribution in [-0.4, -0.2) is 44.4 Å². The number of aliphatic hydroxyl groups is 1. The van der Waals surface area contributed by atoms with Crippen molar-refractivity contribution in [2.45, 2.75) is 64.6 Å². The number of halogens is 1. The van der Waals surface area contributed by atoms with E-state index in [2.05, 4.69) is 16.5 Å². The van der Waals surface area contributed by atoms with Crippen molar-refractivity contribution in [1.82, 2.24) is 4.72 Å². The molecule has 5 rings (SSSR count). The second-order valence-electron chi connectivity index (χ2n) is 11.3. The number of carbonyl (C=O) groups excluding carboxylic acids is 1. The van der Waals surface area contributed by atoms with Crippen molar-refractivity contribution in [3.63, 3.8) is 0 Å². The Morgan fingerprint density at radius 1 is 1.13 bits per heavy atom. The zero-order valence-corrected chi connectivity index (χ0v) is 23.9. The van der Waals surface area contributed by atoms with Crippen LogP contribution in [0.5, 0.6) is 5.75 Å². The minimum Gasteiger partial charge on any atom is -0.487 e. The molecule has 1 aliphatic carbocycles. The Morgan fingerprint density at radius 2 is 1.97 bits per heavy atom. The van der Waals surface area contributed by atoms with Crippen LogP contribution in [0.25, 0.3) is 0 Å². The van der Waals surface area contributed by atoms with Gasteiger partial charge in [0.15, 0.2) is 0 Å². The predicted molar refractivity (Wildman–Crippen MR) is 154 cm³/mol. The van der Waals surface area contributed by atoms with Crippen LogP contribution in [0.1, 0.15) is 66.9 Å². The number of benzene rings is 2. The van der Waals surface area contributed by atoms with Crippen LogP contribution >= 0.6 is 11.6 Å². The van der Waals surface area contributed by atoms with Crippen LogP contribution in [0.15, 0.2) is 48.6 Å². The number of nitrogens with zero attached hydrogens (tertiary/aromatic N) is 1. The van der Waals surface area contributed by atoms with Gasteiger partial charge in [-0.2, -0.15) is 0 Å². The first kappa shape index (κ1) is 28.0. The van der Waals surface area contributed by atoms with E-state index in [4.69, 9.17) is 16.3 Å². The maximum Gasteiger partial charge on any atom is 0.264 e. The van der Waals surface area contributed by atoms with Gasteiger partial charge in [-0.15, -0.1) is 0 Å². The lowest BCUT2D eigenvalue weighted by Gasteiger charge is -2.52. The smallest absolute Gasteiger partial charge is 0.264 e. The van der Waals surface area contributed by atoms with Gasteiger partial charge in [-0.3, -0.25) is 4.79 Å². The molecule has 0 radical (unpaired) electrons. The fourth-order valence-electron chi connectivity index (χ4n) is 5.97. The third-order valence-corrected chi connectivity index (χ3v) is 10.2. The molecular formula is C30H37ClN2O5S. The van der Waals surface area contributed by atoms with Crippen LogP contribution in [0, 0.1) is 11.3 Å². The van der Waals surface area contributed by atoms with E-state index in [0.29, 0.717) is 23.8 Å². The zero-order chi connectivity index (χ0) is 27.6. The van der Waals surface area contributed by atoms with Gasteiger partial charge < -0.3 is 14.7 Å². The van der Waals surface area contributed by atoms with Gasteiger partial charge in [-0.1, -0.05) is 36.7 Å². The molecule has 1 fully saturated rings. The summed E-state index contributed by atoms with van der Waals surface area (Å²) in [5.74, 6) is 0.0740. The molecule has 9 heteroatoms. The Bertz CT molecular complexity index is 1360. The number of sulfonamides is 1. The number of allylic oxidation sites excluding steroid dienone is 1. The molecule has 2 aliphatic heterocycles. The summed E-state index contributed by atoms with van der Waals surface area (Å²) in [7, 11) is -3.81. The first-order valence-electron chi connectivity index (χ1n) is 13.8. The van der Waals surface area contributed by atoms with Crippen molar-refractivity contribution in [1.29, 1.82) is 0 Å². The summed E-state index contributed by atoms with van der Waals surface area (Å²) in [5, 5.41) is 11.8. The Balaban J connectivity index is 1.54. The lowest BCUT2D eigenvalue weighted by Crippen LogP contribution is -2.51. The number of rotatable bonds is 0. The summed E-state index contributed by atoms with van der Waals surface area (Å²) in [6, 6.07) is 11.0. The van der Waals surface area contributed by atoms with Gasteiger partial charge in [0.05, 0.1) is 17.5 Å². The molecule has 3 atom stereocenters. The molecular weight excluding hydrogens is 536 g/mol. The maximum atomic E-state index is 13.0. The molecule has 2 bridgehead atoms. The molecule has 2 N–H and O–H groups in total. The minimum atomic E-state index is -3.81. The van der Waals surface area contributed by atoms with Crippen molar-refractivity contribution in [3.8, 4) is 5.75 Å². The van der Waals surface area contributed by atoms with Gasteiger partial charge >= 0.3 is 0 Å². The molecule has 2 heterocycles. The quantitative estimate of drug-likeness (QED) is 0.419. The SMILES string of the molecule is C[C@]12CC[C@@H]1CN1CCCCc3cc(Cl)ccc3COc3ccc(cc31)C(=O)NS(=O)(=O)CC/C=C/C[C@H]2O. The van der Waals surface area contributed by atoms with E-state index >= 15 is 0 Å². The molecule has 0 saturated heterocycles. The highest BCUT2D eigenvalue weighted by Crippen LogP contribution is 2.51. The number of aryl methyl sites for hydroxylation is 1. The van der Waals surface area contributed by atoms with Gasteiger partial charge in [0.25, 0.3) is 5.91 Å². The van der Waals surface area contributed by atoms with E-state index in [1.807, 2.05) is 24.3 Å². The number of anilines is 1. The predicted octanol–water partition coefficient (Wildman–Crippen LogP) is 5.25. The number of hydrogen-bond acceptors (Lipinski definition) is 6. The van der Waals surface area contributed by atoms with Crippen LogP contribution in [0.3, 0.4) is 0 Å². The van der Waals surface area contributed by atoms with Gasteiger partial charge in [-0.25, -0.2) is 13.1 Å². The molecule has 0 spiro atoms. The van der Waals surface area contributed by atoms with Crippen LogP contribution in [-0.2, 0) is 23.1 Å². The molecule has 7 nitrogen and oxygen atoms in total. The number of amides is 1. The third kappa shape index (κ3) is 6.28. The third-order valence-electron chi connectivity index (χ3n) is 8.73. The van der Waals surface area contributed by atoms with E-state index in [9.17, 15) is 18.3 Å². The van der Waals surface area contributed by atoms with Gasteiger partial charge in [0.2, 0.25) is 10.0 Å². The van der Waals surface area contributed by atoms with Crippen molar-refractivity contribution >= 4 is 33.2 Å².